The number of nitrogens with zero attached hydrogens (tertiary/aromatic N) is 3. The van der Waals surface area contributed by atoms with Crippen molar-refractivity contribution in [3.05, 3.63) is 29.3 Å². The lowest BCUT2D eigenvalue weighted by molar-refractivity contribution is -0.124. The molecule has 0 N–H and O–H groups in total. The SMILES string of the molecule is CC(C)(C)OC(=O)N1CC[C@]2(CCN(c3ccc4c(c3)C=NC4)C2=O)C1. The first-order valence-electron chi connectivity index (χ1n) is 9.20. The summed E-state index contributed by atoms with van der Waals surface area (Å²) >= 11 is 0. The highest BCUT2D eigenvalue weighted by Gasteiger charge is 2.52. The summed E-state index contributed by atoms with van der Waals surface area (Å²) in [6, 6.07) is 6.10. The van der Waals surface area contributed by atoms with Gasteiger partial charge in [-0.25, -0.2) is 4.79 Å². The number of carbonyl (C=O) groups is 2. The Morgan fingerprint density at radius 1 is 1.23 bits per heavy atom. The molecule has 0 aliphatic carbocycles. The standard InChI is InChI=1S/C20H25N3O3/c1-19(2,3)26-18(25)22-8-6-20(13-22)7-9-23(17(20)24)16-5-4-14-11-21-12-15(14)10-16/h4-5,10,12H,6-9,11,13H2,1-3H3/t20-/m0/s1. The Balaban J connectivity index is 1.49. The molecule has 0 bridgehead atoms. The fourth-order valence-electron chi connectivity index (χ4n) is 4.06. The van der Waals surface area contributed by atoms with Crippen LogP contribution in [0.5, 0.6) is 0 Å². The molecular formula is C20H25N3O3. The number of rotatable bonds is 1. The molecule has 1 atom stereocenters. The van der Waals surface area contributed by atoms with Gasteiger partial charge in [0.05, 0.1) is 12.0 Å². The highest BCUT2D eigenvalue weighted by atomic mass is 16.6. The summed E-state index contributed by atoms with van der Waals surface area (Å²) in [6.07, 6.45) is 3.02. The third-order valence-corrected chi connectivity index (χ3v) is 5.45. The molecule has 2 amide bonds. The van der Waals surface area contributed by atoms with Crippen molar-refractivity contribution in [3.8, 4) is 0 Å². The predicted octanol–water partition coefficient (Wildman–Crippen LogP) is 2.98. The monoisotopic (exact) mass is 355 g/mol. The molecule has 6 nitrogen and oxygen atoms in total. The maximum absolute atomic E-state index is 13.2. The summed E-state index contributed by atoms with van der Waals surface area (Å²) in [5.74, 6) is 0.124. The zero-order chi connectivity index (χ0) is 18.5. The van der Waals surface area contributed by atoms with Crippen molar-refractivity contribution in [2.24, 2.45) is 10.4 Å². The Hall–Kier alpha value is -2.37. The summed E-state index contributed by atoms with van der Waals surface area (Å²) in [7, 11) is 0. The Labute approximate surface area is 153 Å². The van der Waals surface area contributed by atoms with Gasteiger partial charge in [-0.15, -0.1) is 0 Å². The normalized spacial score (nSPS) is 24.7. The van der Waals surface area contributed by atoms with Gasteiger partial charge >= 0.3 is 6.09 Å². The molecule has 0 saturated carbocycles. The van der Waals surface area contributed by atoms with Crippen LogP contribution < -0.4 is 4.90 Å². The number of aliphatic imine (C=N–C) groups is 1. The van der Waals surface area contributed by atoms with Crippen LogP contribution >= 0.6 is 0 Å². The van der Waals surface area contributed by atoms with Crippen LogP contribution in [0.2, 0.25) is 0 Å². The molecule has 3 heterocycles. The van der Waals surface area contributed by atoms with E-state index in [9.17, 15) is 9.59 Å². The van der Waals surface area contributed by atoms with E-state index < -0.39 is 11.0 Å². The van der Waals surface area contributed by atoms with Gasteiger partial charge in [-0.05, 0) is 56.9 Å². The summed E-state index contributed by atoms with van der Waals surface area (Å²) < 4.78 is 5.47. The third kappa shape index (κ3) is 2.87. The average molecular weight is 355 g/mol. The molecule has 3 aliphatic rings. The lowest BCUT2D eigenvalue weighted by Gasteiger charge is -2.26. The maximum Gasteiger partial charge on any atom is 0.410 e. The van der Waals surface area contributed by atoms with E-state index in [1.165, 1.54) is 5.56 Å². The van der Waals surface area contributed by atoms with Crippen LogP contribution in [0.15, 0.2) is 23.2 Å². The van der Waals surface area contributed by atoms with Crippen molar-refractivity contribution in [1.29, 1.82) is 0 Å². The number of hydrogen-bond donors (Lipinski definition) is 0. The lowest BCUT2D eigenvalue weighted by Crippen LogP contribution is -2.40. The van der Waals surface area contributed by atoms with Gasteiger partial charge in [0.15, 0.2) is 0 Å². The van der Waals surface area contributed by atoms with Crippen molar-refractivity contribution < 1.29 is 14.3 Å². The van der Waals surface area contributed by atoms with Crippen LogP contribution in [0, 0.1) is 5.41 Å². The number of carbonyl (C=O) groups excluding carboxylic acids is 2. The highest BCUT2D eigenvalue weighted by molar-refractivity contribution is 6.01. The molecule has 138 valence electrons. The van der Waals surface area contributed by atoms with Gasteiger partial charge < -0.3 is 14.5 Å². The van der Waals surface area contributed by atoms with Gasteiger partial charge in [0.25, 0.3) is 0 Å². The molecule has 26 heavy (non-hydrogen) atoms. The second-order valence-corrected chi connectivity index (χ2v) is 8.49. The first-order chi connectivity index (χ1) is 12.3. The van der Waals surface area contributed by atoms with Crippen LogP contribution in [-0.4, -0.2) is 48.4 Å². The van der Waals surface area contributed by atoms with Crippen LogP contribution in [0.3, 0.4) is 0 Å². The van der Waals surface area contributed by atoms with E-state index in [4.69, 9.17) is 4.74 Å². The minimum absolute atomic E-state index is 0.124. The van der Waals surface area contributed by atoms with Crippen LogP contribution in [0.4, 0.5) is 10.5 Å². The second-order valence-electron chi connectivity index (χ2n) is 8.49. The molecule has 0 unspecified atom stereocenters. The maximum atomic E-state index is 13.2. The summed E-state index contributed by atoms with van der Waals surface area (Å²) in [6.45, 7) is 8.01. The summed E-state index contributed by atoms with van der Waals surface area (Å²) in [4.78, 5) is 33.4. The van der Waals surface area contributed by atoms with E-state index in [1.54, 1.807) is 4.90 Å². The van der Waals surface area contributed by atoms with E-state index in [0.717, 1.165) is 24.2 Å². The molecule has 3 aliphatic heterocycles. The topological polar surface area (TPSA) is 62.2 Å². The van der Waals surface area contributed by atoms with Gasteiger partial charge in [0.1, 0.15) is 5.60 Å². The predicted molar refractivity (Wildman–Crippen MR) is 99.6 cm³/mol. The Bertz CT molecular complexity index is 796. The second kappa shape index (κ2) is 5.83. The number of anilines is 1. The smallest absolute Gasteiger partial charge is 0.410 e. The zero-order valence-corrected chi connectivity index (χ0v) is 15.6. The molecule has 0 radical (unpaired) electrons. The van der Waals surface area contributed by atoms with Gasteiger partial charge in [0.2, 0.25) is 5.91 Å². The van der Waals surface area contributed by atoms with Crippen LogP contribution in [0.1, 0.15) is 44.7 Å². The molecule has 1 aromatic rings. The van der Waals surface area contributed by atoms with Crippen molar-refractivity contribution in [2.75, 3.05) is 24.5 Å². The number of hydrogen-bond acceptors (Lipinski definition) is 4. The number of fused-ring (bicyclic) bond motifs is 1. The fraction of sp³-hybridized carbons (Fsp3) is 0.550. The van der Waals surface area contributed by atoms with E-state index in [-0.39, 0.29) is 12.0 Å². The molecule has 2 fully saturated rings. The molecule has 2 saturated heterocycles. The molecule has 1 aromatic carbocycles. The fourth-order valence-corrected chi connectivity index (χ4v) is 4.06. The van der Waals surface area contributed by atoms with E-state index in [1.807, 2.05) is 44.0 Å². The summed E-state index contributed by atoms with van der Waals surface area (Å²) in [5.41, 5.74) is 2.23. The first-order valence-corrected chi connectivity index (χ1v) is 9.20. The quantitative estimate of drug-likeness (QED) is 0.778. The Morgan fingerprint density at radius 2 is 2.00 bits per heavy atom. The lowest BCUT2D eigenvalue weighted by atomic mass is 9.85. The van der Waals surface area contributed by atoms with Gasteiger partial charge in [-0.1, -0.05) is 6.07 Å². The van der Waals surface area contributed by atoms with Crippen LogP contribution in [0.25, 0.3) is 0 Å². The molecule has 6 heteroatoms. The first kappa shape index (κ1) is 17.1. The van der Waals surface area contributed by atoms with Crippen LogP contribution in [-0.2, 0) is 16.1 Å². The van der Waals surface area contributed by atoms with Gasteiger partial charge in [-0.3, -0.25) is 9.79 Å². The number of amides is 2. The minimum atomic E-state index is -0.523. The third-order valence-electron chi connectivity index (χ3n) is 5.45. The number of likely N-dealkylation sites (tertiary alicyclic amines) is 1. The molecule has 4 rings (SSSR count). The summed E-state index contributed by atoms with van der Waals surface area (Å²) in [5, 5.41) is 0. The highest BCUT2D eigenvalue weighted by Crippen LogP contribution is 2.43. The van der Waals surface area contributed by atoms with E-state index >= 15 is 0 Å². The van der Waals surface area contributed by atoms with E-state index in [2.05, 4.69) is 11.1 Å². The van der Waals surface area contributed by atoms with Gasteiger partial charge in [0, 0.05) is 31.5 Å². The molecular weight excluding hydrogens is 330 g/mol. The number of benzene rings is 1. The number of ether oxygens (including phenoxy) is 1. The Kier molecular flexibility index (Phi) is 3.82. The van der Waals surface area contributed by atoms with Crippen molar-refractivity contribution in [2.45, 2.75) is 45.8 Å². The largest absolute Gasteiger partial charge is 0.444 e. The minimum Gasteiger partial charge on any atom is -0.444 e. The van der Waals surface area contributed by atoms with Gasteiger partial charge in [-0.2, -0.15) is 0 Å². The van der Waals surface area contributed by atoms with Crippen molar-refractivity contribution >= 4 is 23.9 Å². The molecule has 0 aromatic heterocycles. The van der Waals surface area contributed by atoms with Crippen molar-refractivity contribution in [1.82, 2.24) is 4.90 Å². The zero-order valence-electron chi connectivity index (χ0n) is 15.6. The average Bonchev–Trinajstić information content (AvgIpc) is 3.27. The van der Waals surface area contributed by atoms with Crippen molar-refractivity contribution in [3.63, 3.8) is 0 Å². The molecule has 1 spiro atoms. The van der Waals surface area contributed by atoms with E-state index in [0.29, 0.717) is 26.1 Å². The Morgan fingerprint density at radius 3 is 2.77 bits per heavy atom.